The summed E-state index contributed by atoms with van der Waals surface area (Å²) in [6.07, 6.45) is 4.32. The fraction of sp³-hybridized carbons (Fsp3) is 0.375. The van der Waals surface area contributed by atoms with Gasteiger partial charge in [-0.1, -0.05) is 0 Å². The zero-order chi connectivity index (χ0) is 16.2. The number of rotatable bonds is 4. The van der Waals surface area contributed by atoms with E-state index in [0.717, 1.165) is 12.1 Å². The number of hydrogen-bond donors (Lipinski definition) is 0. The number of amides is 1. The van der Waals surface area contributed by atoms with E-state index in [1.807, 2.05) is 25.4 Å². The lowest BCUT2D eigenvalue weighted by molar-refractivity contribution is -0.129. The third-order valence-electron chi connectivity index (χ3n) is 3.75. The summed E-state index contributed by atoms with van der Waals surface area (Å²) in [5.74, 6) is 0.538. The van der Waals surface area contributed by atoms with E-state index in [1.165, 1.54) is 6.20 Å². The van der Waals surface area contributed by atoms with Crippen LogP contribution in [-0.4, -0.2) is 44.8 Å². The van der Waals surface area contributed by atoms with Gasteiger partial charge in [0.1, 0.15) is 12.2 Å². The number of pyridine rings is 1. The number of aryl methyl sites for hydroxylation is 1. The van der Waals surface area contributed by atoms with Crippen molar-refractivity contribution in [2.24, 2.45) is 7.05 Å². The molecular weight excluding hydrogens is 294 g/mol. The van der Waals surface area contributed by atoms with E-state index in [9.17, 15) is 4.79 Å². The Kier molecular flexibility index (Phi) is 4.24. The number of ether oxygens (including phenoxy) is 1. The first-order valence-corrected chi connectivity index (χ1v) is 7.43. The molecule has 1 saturated heterocycles. The summed E-state index contributed by atoms with van der Waals surface area (Å²) in [4.78, 5) is 18.2. The Morgan fingerprint density at radius 2 is 2.35 bits per heavy atom. The fourth-order valence-corrected chi connectivity index (χ4v) is 2.56. The molecular formula is C16H17N5O2. The molecule has 0 radical (unpaired) electrons. The molecule has 1 fully saturated rings. The quantitative estimate of drug-likeness (QED) is 0.838. The zero-order valence-electron chi connectivity index (χ0n) is 12.8. The molecule has 0 aromatic carbocycles. The third kappa shape index (κ3) is 3.66. The fourth-order valence-electron chi connectivity index (χ4n) is 2.56. The summed E-state index contributed by atoms with van der Waals surface area (Å²) in [6, 6.07) is 7.21. The van der Waals surface area contributed by atoms with Gasteiger partial charge in [0.2, 0.25) is 11.8 Å². The van der Waals surface area contributed by atoms with Gasteiger partial charge in [0, 0.05) is 38.5 Å². The summed E-state index contributed by atoms with van der Waals surface area (Å²) in [7, 11) is 1.83. The van der Waals surface area contributed by atoms with E-state index in [1.54, 1.807) is 21.7 Å². The predicted molar refractivity (Wildman–Crippen MR) is 81.5 cm³/mol. The van der Waals surface area contributed by atoms with Gasteiger partial charge in [0.25, 0.3) is 0 Å². The molecule has 0 N–H and O–H groups in total. The highest BCUT2D eigenvalue weighted by Crippen LogP contribution is 2.17. The molecule has 1 aliphatic rings. The number of hydrogen-bond acceptors (Lipinski definition) is 5. The van der Waals surface area contributed by atoms with Gasteiger partial charge in [0.15, 0.2) is 0 Å². The van der Waals surface area contributed by atoms with Crippen LogP contribution in [0.5, 0.6) is 5.88 Å². The molecule has 23 heavy (non-hydrogen) atoms. The van der Waals surface area contributed by atoms with Crippen LogP contribution >= 0.6 is 0 Å². The number of nitrogens with zero attached hydrogens (tertiary/aromatic N) is 5. The number of aromatic nitrogens is 3. The second-order valence-corrected chi connectivity index (χ2v) is 5.52. The molecule has 3 rings (SSSR count). The maximum atomic E-state index is 12.3. The molecule has 1 atom stereocenters. The van der Waals surface area contributed by atoms with Gasteiger partial charge in [-0.25, -0.2) is 4.98 Å². The predicted octanol–water partition coefficient (Wildman–Crippen LogP) is 0.909. The third-order valence-corrected chi connectivity index (χ3v) is 3.75. The highest BCUT2D eigenvalue weighted by molar-refractivity contribution is 5.78. The van der Waals surface area contributed by atoms with Crippen LogP contribution in [0.25, 0.3) is 0 Å². The van der Waals surface area contributed by atoms with E-state index in [4.69, 9.17) is 10.00 Å². The van der Waals surface area contributed by atoms with Gasteiger partial charge in [-0.3, -0.25) is 9.48 Å². The van der Waals surface area contributed by atoms with Gasteiger partial charge in [0.05, 0.1) is 24.2 Å². The molecule has 7 heteroatoms. The Morgan fingerprint density at radius 1 is 1.48 bits per heavy atom. The Bertz CT molecular complexity index is 732. The van der Waals surface area contributed by atoms with Crippen molar-refractivity contribution in [3.05, 3.63) is 41.9 Å². The maximum absolute atomic E-state index is 12.3. The van der Waals surface area contributed by atoms with Crippen molar-refractivity contribution in [2.45, 2.75) is 18.9 Å². The van der Waals surface area contributed by atoms with Crippen molar-refractivity contribution in [3.8, 4) is 11.9 Å². The summed E-state index contributed by atoms with van der Waals surface area (Å²) >= 11 is 0. The minimum Gasteiger partial charge on any atom is -0.472 e. The first kappa shape index (κ1) is 15.0. The number of likely N-dealkylation sites (tertiary alicyclic amines) is 1. The maximum Gasteiger partial charge on any atom is 0.228 e. The minimum atomic E-state index is -0.0666. The van der Waals surface area contributed by atoms with Crippen LogP contribution in [0.2, 0.25) is 0 Å². The molecule has 1 aliphatic heterocycles. The largest absolute Gasteiger partial charge is 0.472 e. The van der Waals surface area contributed by atoms with Crippen LogP contribution in [-0.2, 0) is 18.3 Å². The standard InChI is InChI=1S/C16H17N5O2/c1-20-6-4-13(19-20)8-16(22)21-7-5-14(11-21)23-15-3-2-12(9-17)10-18-15/h2-4,6,10,14H,5,7-8,11H2,1H3. The molecule has 0 saturated carbocycles. The number of carbonyl (C=O) groups excluding carboxylic acids is 1. The van der Waals surface area contributed by atoms with Gasteiger partial charge < -0.3 is 9.64 Å². The van der Waals surface area contributed by atoms with Gasteiger partial charge in [-0.2, -0.15) is 10.4 Å². The molecule has 2 aromatic heterocycles. The Morgan fingerprint density at radius 3 is 3.00 bits per heavy atom. The van der Waals surface area contributed by atoms with Crippen LogP contribution < -0.4 is 4.74 Å². The van der Waals surface area contributed by atoms with E-state index in [-0.39, 0.29) is 12.0 Å². The Labute approximate surface area is 134 Å². The van der Waals surface area contributed by atoms with Gasteiger partial charge in [-0.15, -0.1) is 0 Å². The van der Waals surface area contributed by atoms with Crippen LogP contribution in [0.1, 0.15) is 17.7 Å². The van der Waals surface area contributed by atoms with Crippen LogP contribution in [0.3, 0.4) is 0 Å². The molecule has 118 valence electrons. The summed E-state index contributed by atoms with van der Waals surface area (Å²) in [5, 5.41) is 13.0. The summed E-state index contributed by atoms with van der Waals surface area (Å²) in [6.45, 7) is 1.22. The average molecular weight is 311 g/mol. The molecule has 0 aliphatic carbocycles. The van der Waals surface area contributed by atoms with Crippen molar-refractivity contribution in [1.82, 2.24) is 19.7 Å². The van der Waals surface area contributed by atoms with E-state index in [2.05, 4.69) is 10.1 Å². The lowest BCUT2D eigenvalue weighted by atomic mass is 10.3. The number of nitriles is 1. The monoisotopic (exact) mass is 311 g/mol. The van der Waals surface area contributed by atoms with Crippen molar-refractivity contribution in [2.75, 3.05) is 13.1 Å². The molecule has 0 spiro atoms. The minimum absolute atomic E-state index is 0.0580. The first-order chi connectivity index (χ1) is 11.1. The van der Waals surface area contributed by atoms with Gasteiger partial charge >= 0.3 is 0 Å². The molecule has 2 aromatic rings. The second kappa shape index (κ2) is 6.48. The lowest BCUT2D eigenvalue weighted by Gasteiger charge is -2.16. The van der Waals surface area contributed by atoms with Crippen molar-refractivity contribution < 1.29 is 9.53 Å². The second-order valence-electron chi connectivity index (χ2n) is 5.52. The van der Waals surface area contributed by atoms with Gasteiger partial charge in [-0.05, 0) is 12.1 Å². The molecule has 0 bridgehead atoms. The lowest BCUT2D eigenvalue weighted by Crippen LogP contribution is -2.32. The average Bonchev–Trinajstić information content (AvgIpc) is 3.17. The topological polar surface area (TPSA) is 84.0 Å². The SMILES string of the molecule is Cn1ccc(CC(=O)N2CCC(Oc3ccc(C#N)cn3)C2)n1. The highest BCUT2D eigenvalue weighted by Gasteiger charge is 2.28. The van der Waals surface area contributed by atoms with Crippen LogP contribution in [0, 0.1) is 11.3 Å². The van der Waals surface area contributed by atoms with Crippen molar-refractivity contribution in [1.29, 1.82) is 5.26 Å². The molecule has 1 amide bonds. The molecule has 7 nitrogen and oxygen atoms in total. The smallest absolute Gasteiger partial charge is 0.228 e. The zero-order valence-corrected chi connectivity index (χ0v) is 12.8. The number of carbonyl (C=O) groups is 1. The Balaban J connectivity index is 1.53. The summed E-state index contributed by atoms with van der Waals surface area (Å²) < 4.78 is 7.46. The van der Waals surface area contributed by atoms with E-state index in [0.29, 0.717) is 31.0 Å². The summed E-state index contributed by atoms with van der Waals surface area (Å²) in [5.41, 5.74) is 1.27. The molecule has 3 heterocycles. The van der Waals surface area contributed by atoms with Crippen molar-refractivity contribution >= 4 is 5.91 Å². The van der Waals surface area contributed by atoms with Crippen LogP contribution in [0.15, 0.2) is 30.6 Å². The highest BCUT2D eigenvalue weighted by atomic mass is 16.5. The van der Waals surface area contributed by atoms with E-state index < -0.39 is 0 Å². The van der Waals surface area contributed by atoms with Crippen molar-refractivity contribution in [3.63, 3.8) is 0 Å². The first-order valence-electron chi connectivity index (χ1n) is 7.43. The van der Waals surface area contributed by atoms with E-state index >= 15 is 0 Å². The normalized spacial score (nSPS) is 17.0. The molecule has 1 unspecified atom stereocenters. The Hall–Kier alpha value is -2.88. The van der Waals surface area contributed by atoms with Crippen LogP contribution in [0.4, 0.5) is 0 Å².